The molecule has 28 heavy (non-hydrogen) atoms. The van der Waals surface area contributed by atoms with E-state index in [2.05, 4.69) is 34.5 Å². The fourth-order valence-corrected chi connectivity index (χ4v) is 4.45. The van der Waals surface area contributed by atoms with Crippen molar-refractivity contribution in [1.29, 1.82) is 0 Å². The molecule has 4 nitrogen and oxygen atoms in total. The fraction of sp³-hybridized carbons (Fsp3) is 0.435. The molecule has 1 unspecified atom stereocenters. The zero-order valence-corrected chi connectivity index (χ0v) is 16.8. The standard InChI is InChI=1S/C23H27ClN2O2/c24-20-9-7-18(8-10-20)21(26-13-15-28-16-14-26)17-25-22(27)23(11-4-12-23)19-5-2-1-3-6-19/h1-3,5-10,21H,4,11-17H2,(H,25,27). The summed E-state index contributed by atoms with van der Waals surface area (Å²) in [5.74, 6) is 0.150. The number of hydrogen-bond acceptors (Lipinski definition) is 3. The van der Waals surface area contributed by atoms with E-state index in [9.17, 15) is 4.79 Å². The summed E-state index contributed by atoms with van der Waals surface area (Å²) >= 11 is 6.08. The molecule has 1 amide bonds. The van der Waals surface area contributed by atoms with Gasteiger partial charge in [0.1, 0.15) is 0 Å². The number of carbonyl (C=O) groups is 1. The molecule has 1 saturated carbocycles. The van der Waals surface area contributed by atoms with Crippen molar-refractivity contribution in [1.82, 2.24) is 10.2 Å². The van der Waals surface area contributed by atoms with Crippen molar-refractivity contribution in [2.75, 3.05) is 32.8 Å². The van der Waals surface area contributed by atoms with Crippen LogP contribution in [0.1, 0.15) is 36.4 Å². The highest BCUT2D eigenvalue weighted by molar-refractivity contribution is 6.30. The molecule has 0 radical (unpaired) electrons. The number of halogens is 1. The Labute approximate surface area is 171 Å². The van der Waals surface area contributed by atoms with E-state index in [0.717, 1.165) is 56.2 Å². The Balaban J connectivity index is 1.50. The van der Waals surface area contributed by atoms with Gasteiger partial charge in [0.2, 0.25) is 5.91 Å². The highest BCUT2D eigenvalue weighted by atomic mass is 35.5. The number of nitrogens with one attached hydrogen (secondary N) is 1. The summed E-state index contributed by atoms with van der Waals surface area (Å²) in [6, 6.07) is 18.3. The lowest BCUT2D eigenvalue weighted by molar-refractivity contribution is -0.130. The molecular weight excluding hydrogens is 372 g/mol. The molecule has 148 valence electrons. The van der Waals surface area contributed by atoms with E-state index in [1.165, 1.54) is 5.56 Å². The van der Waals surface area contributed by atoms with E-state index in [4.69, 9.17) is 16.3 Å². The largest absolute Gasteiger partial charge is 0.379 e. The van der Waals surface area contributed by atoms with Gasteiger partial charge >= 0.3 is 0 Å². The topological polar surface area (TPSA) is 41.6 Å². The molecule has 1 atom stereocenters. The Kier molecular flexibility index (Phi) is 6.00. The predicted octanol–water partition coefficient (Wildman–Crippen LogP) is 3.95. The van der Waals surface area contributed by atoms with E-state index in [0.29, 0.717) is 6.54 Å². The summed E-state index contributed by atoms with van der Waals surface area (Å²) < 4.78 is 5.52. The van der Waals surface area contributed by atoms with E-state index in [-0.39, 0.29) is 17.4 Å². The van der Waals surface area contributed by atoms with Crippen LogP contribution in [0.3, 0.4) is 0 Å². The summed E-state index contributed by atoms with van der Waals surface area (Å²) in [5, 5.41) is 4.01. The first-order chi connectivity index (χ1) is 13.7. The average Bonchev–Trinajstić information content (AvgIpc) is 2.70. The van der Waals surface area contributed by atoms with Crippen LogP contribution in [0.5, 0.6) is 0 Å². The molecule has 2 aromatic carbocycles. The number of nitrogens with zero attached hydrogens (tertiary/aromatic N) is 1. The van der Waals surface area contributed by atoms with Crippen LogP contribution in [0.15, 0.2) is 54.6 Å². The third kappa shape index (κ3) is 3.95. The first kappa shape index (κ1) is 19.4. The molecule has 4 rings (SSSR count). The SMILES string of the molecule is O=C(NCC(c1ccc(Cl)cc1)N1CCOCC1)C1(c2ccccc2)CCC1. The fourth-order valence-electron chi connectivity index (χ4n) is 4.32. The minimum Gasteiger partial charge on any atom is -0.379 e. The van der Waals surface area contributed by atoms with Crippen molar-refractivity contribution in [3.05, 3.63) is 70.7 Å². The van der Waals surface area contributed by atoms with E-state index >= 15 is 0 Å². The predicted molar refractivity (Wildman–Crippen MR) is 112 cm³/mol. The highest BCUT2D eigenvalue weighted by Crippen LogP contribution is 2.44. The van der Waals surface area contributed by atoms with Crippen LogP contribution in [-0.2, 0) is 14.9 Å². The molecule has 0 bridgehead atoms. The lowest BCUT2D eigenvalue weighted by atomic mass is 9.64. The van der Waals surface area contributed by atoms with Crippen LogP contribution in [-0.4, -0.2) is 43.7 Å². The van der Waals surface area contributed by atoms with Gasteiger partial charge in [-0.15, -0.1) is 0 Å². The van der Waals surface area contributed by atoms with Gasteiger partial charge in [0, 0.05) is 24.7 Å². The number of amides is 1. The van der Waals surface area contributed by atoms with Crippen molar-refractivity contribution in [2.24, 2.45) is 0 Å². The average molecular weight is 399 g/mol. The van der Waals surface area contributed by atoms with Crippen LogP contribution in [0.4, 0.5) is 0 Å². The van der Waals surface area contributed by atoms with Gasteiger partial charge in [-0.05, 0) is 36.1 Å². The minimum atomic E-state index is -0.364. The van der Waals surface area contributed by atoms with Gasteiger partial charge in [-0.3, -0.25) is 9.69 Å². The molecular formula is C23H27ClN2O2. The van der Waals surface area contributed by atoms with Gasteiger partial charge < -0.3 is 10.1 Å². The molecule has 1 N–H and O–H groups in total. The molecule has 2 aliphatic rings. The van der Waals surface area contributed by atoms with Crippen molar-refractivity contribution < 1.29 is 9.53 Å². The van der Waals surface area contributed by atoms with Crippen molar-refractivity contribution in [3.63, 3.8) is 0 Å². The van der Waals surface area contributed by atoms with Crippen molar-refractivity contribution >= 4 is 17.5 Å². The molecule has 1 aliphatic carbocycles. The molecule has 5 heteroatoms. The van der Waals surface area contributed by atoms with Gasteiger partial charge in [-0.2, -0.15) is 0 Å². The Morgan fingerprint density at radius 2 is 1.75 bits per heavy atom. The molecule has 1 saturated heterocycles. The number of morpholine rings is 1. The molecule has 2 aromatic rings. The monoisotopic (exact) mass is 398 g/mol. The zero-order valence-electron chi connectivity index (χ0n) is 16.1. The number of carbonyl (C=O) groups excluding carboxylic acids is 1. The van der Waals surface area contributed by atoms with Crippen molar-refractivity contribution in [2.45, 2.75) is 30.7 Å². The quantitative estimate of drug-likeness (QED) is 0.801. The lowest BCUT2D eigenvalue weighted by Crippen LogP contribution is -2.51. The second-order valence-corrected chi connectivity index (χ2v) is 8.16. The van der Waals surface area contributed by atoms with Gasteiger partial charge in [-0.25, -0.2) is 0 Å². The number of rotatable bonds is 6. The zero-order chi connectivity index (χ0) is 19.4. The molecule has 2 fully saturated rings. The summed E-state index contributed by atoms with van der Waals surface area (Å²) in [5.41, 5.74) is 1.94. The third-order valence-corrected chi connectivity index (χ3v) is 6.42. The Hall–Kier alpha value is -1.88. The lowest BCUT2D eigenvalue weighted by Gasteiger charge is -2.42. The first-order valence-corrected chi connectivity index (χ1v) is 10.5. The smallest absolute Gasteiger partial charge is 0.230 e. The van der Waals surface area contributed by atoms with E-state index in [1.54, 1.807) is 0 Å². The number of hydrogen-bond donors (Lipinski definition) is 1. The Morgan fingerprint density at radius 3 is 2.36 bits per heavy atom. The van der Waals surface area contributed by atoms with Crippen LogP contribution in [0.2, 0.25) is 5.02 Å². The van der Waals surface area contributed by atoms with Crippen LogP contribution >= 0.6 is 11.6 Å². The normalized spacial score (nSPS) is 20.2. The second-order valence-electron chi connectivity index (χ2n) is 7.73. The van der Waals surface area contributed by atoms with Crippen LogP contribution in [0, 0.1) is 0 Å². The molecule has 1 aliphatic heterocycles. The maximum Gasteiger partial charge on any atom is 0.230 e. The van der Waals surface area contributed by atoms with Gasteiger partial charge in [-0.1, -0.05) is 60.5 Å². The minimum absolute atomic E-state index is 0.123. The van der Waals surface area contributed by atoms with Crippen molar-refractivity contribution in [3.8, 4) is 0 Å². The maximum absolute atomic E-state index is 13.2. The summed E-state index contributed by atoms with van der Waals surface area (Å²) in [6.45, 7) is 3.78. The summed E-state index contributed by atoms with van der Waals surface area (Å²) in [7, 11) is 0. The van der Waals surface area contributed by atoms with Gasteiger partial charge in [0.15, 0.2) is 0 Å². The molecule has 0 aromatic heterocycles. The summed E-state index contributed by atoms with van der Waals surface area (Å²) in [6.07, 6.45) is 2.95. The highest BCUT2D eigenvalue weighted by Gasteiger charge is 2.45. The van der Waals surface area contributed by atoms with E-state index in [1.807, 2.05) is 30.3 Å². The molecule has 1 heterocycles. The Bertz CT molecular complexity index is 784. The van der Waals surface area contributed by atoms with E-state index < -0.39 is 0 Å². The summed E-state index contributed by atoms with van der Waals surface area (Å²) in [4.78, 5) is 15.6. The number of ether oxygens (including phenoxy) is 1. The maximum atomic E-state index is 13.2. The van der Waals surface area contributed by atoms with Gasteiger partial charge in [0.25, 0.3) is 0 Å². The van der Waals surface area contributed by atoms with Gasteiger partial charge in [0.05, 0.1) is 24.7 Å². The second kappa shape index (κ2) is 8.64. The molecule has 0 spiro atoms. The number of benzene rings is 2. The van der Waals surface area contributed by atoms with Crippen LogP contribution < -0.4 is 5.32 Å². The first-order valence-electron chi connectivity index (χ1n) is 10.1. The third-order valence-electron chi connectivity index (χ3n) is 6.17. The Morgan fingerprint density at radius 1 is 1.07 bits per heavy atom. The van der Waals surface area contributed by atoms with Crippen LogP contribution in [0.25, 0.3) is 0 Å².